The van der Waals surface area contributed by atoms with Gasteiger partial charge in [0.15, 0.2) is 5.78 Å². The molecule has 0 aliphatic heterocycles. The number of nitrogens with one attached hydrogen (secondary N) is 1. The van der Waals surface area contributed by atoms with Crippen molar-refractivity contribution in [3.05, 3.63) is 76.8 Å². The summed E-state index contributed by atoms with van der Waals surface area (Å²) < 4.78 is 50.6. The fourth-order valence-corrected chi connectivity index (χ4v) is 4.27. The average molecular weight is 578 g/mol. The Morgan fingerprint density at radius 2 is 1.65 bits per heavy atom. The van der Waals surface area contributed by atoms with Crippen molar-refractivity contribution in [2.24, 2.45) is 5.92 Å². The maximum Gasteiger partial charge on any atom is 0.416 e. The van der Waals surface area contributed by atoms with E-state index in [1.807, 2.05) is 13.8 Å². The maximum absolute atomic E-state index is 13.0. The van der Waals surface area contributed by atoms with Crippen molar-refractivity contribution in [2.45, 2.75) is 45.3 Å². The van der Waals surface area contributed by atoms with Gasteiger partial charge in [0.25, 0.3) is 0 Å². The van der Waals surface area contributed by atoms with Gasteiger partial charge in [-0.1, -0.05) is 31.5 Å². The van der Waals surface area contributed by atoms with E-state index in [-0.39, 0.29) is 35.6 Å². The van der Waals surface area contributed by atoms with Crippen LogP contribution in [-0.4, -0.2) is 36.6 Å². The summed E-state index contributed by atoms with van der Waals surface area (Å²) in [6.07, 6.45) is -4.06. The van der Waals surface area contributed by atoms with Crippen LogP contribution in [0.4, 0.5) is 18.9 Å². The number of carboxylic acids is 1. The highest BCUT2D eigenvalue weighted by molar-refractivity contribution is 6.33. The number of ketones is 1. The third-order valence-electron chi connectivity index (χ3n) is 6.35. The first-order valence-corrected chi connectivity index (χ1v) is 13.1. The van der Waals surface area contributed by atoms with Crippen LogP contribution < -0.4 is 14.8 Å². The van der Waals surface area contributed by atoms with Crippen molar-refractivity contribution >= 4 is 29.0 Å². The average Bonchev–Trinajstić information content (AvgIpc) is 2.90. The second-order valence-corrected chi connectivity index (χ2v) is 10.0. The Balaban J connectivity index is 1.67. The van der Waals surface area contributed by atoms with Gasteiger partial charge in [-0.2, -0.15) is 13.2 Å². The minimum atomic E-state index is -4.49. The van der Waals surface area contributed by atoms with Crippen LogP contribution >= 0.6 is 11.6 Å². The molecule has 1 atom stereocenters. The monoisotopic (exact) mass is 577 g/mol. The third-order valence-corrected chi connectivity index (χ3v) is 6.66. The van der Waals surface area contributed by atoms with Gasteiger partial charge in [0, 0.05) is 46.3 Å². The predicted molar refractivity (Wildman–Crippen MR) is 148 cm³/mol. The number of anilines is 1. The minimum Gasteiger partial charge on any atom is -0.496 e. The van der Waals surface area contributed by atoms with Crippen LogP contribution in [0.2, 0.25) is 5.02 Å². The lowest BCUT2D eigenvalue weighted by atomic mass is 10.0. The summed E-state index contributed by atoms with van der Waals surface area (Å²) in [7, 11) is 1.46. The molecule has 0 heterocycles. The Bertz CT molecular complexity index is 1330. The SMILES string of the molecule is COc1cc(OC[C@@H](Nc2ccc(C(=O)CCCC(=O)O)cc2)C(C)C)ccc1-c1ccc(C(F)(F)F)cc1Cl. The number of carbonyl (C=O) groups is 2. The molecule has 0 saturated heterocycles. The number of Topliss-reactive ketones (excluding diaryl/α,β-unsaturated/α-hetero) is 1. The number of carbonyl (C=O) groups excluding carboxylic acids is 1. The lowest BCUT2D eigenvalue weighted by Gasteiger charge is -2.24. The van der Waals surface area contributed by atoms with Crippen molar-refractivity contribution in [2.75, 3.05) is 19.0 Å². The molecule has 6 nitrogen and oxygen atoms in total. The molecule has 0 aromatic heterocycles. The number of hydrogen-bond acceptors (Lipinski definition) is 5. The summed E-state index contributed by atoms with van der Waals surface area (Å²) in [5, 5.41) is 12.1. The minimum absolute atomic E-state index is 0.0427. The molecule has 0 spiro atoms. The third kappa shape index (κ3) is 8.39. The smallest absolute Gasteiger partial charge is 0.416 e. The van der Waals surface area contributed by atoms with Gasteiger partial charge in [0.05, 0.1) is 18.7 Å². The Hall–Kier alpha value is -3.72. The van der Waals surface area contributed by atoms with Gasteiger partial charge in [-0.3, -0.25) is 9.59 Å². The Kier molecular flexibility index (Phi) is 10.5. The number of alkyl halides is 3. The zero-order valence-electron chi connectivity index (χ0n) is 22.3. The number of methoxy groups -OCH3 is 1. The largest absolute Gasteiger partial charge is 0.496 e. The van der Waals surface area contributed by atoms with Gasteiger partial charge >= 0.3 is 12.1 Å². The van der Waals surface area contributed by atoms with Crippen LogP contribution in [0.1, 0.15) is 49.0 Å². The standard InChI is InChI=1S/C30H31ClF3NO5/c1-18(2)26(35-21-10-7-19(8-11-21)27(36)5-4-6-29(37)38)17-40-22-12-14-24(28(16-22)39-3)23-13-9-20(15-25(23)31)30(32,33)34/h7-16,18,26,35H,4-6,17H2,1-3H3,(H,37,38)/t26-/m1/s1. The second-order valence-electron chi connectivity index (χ2n) is 9.61. The fraction of sp³-hybridized carbons (Fsp3) is 0.333. The van der Waals surface area contributed by atoms with E-state index in [1.54, 1.807) is 42.5 Å². The van der Waals surface area contributed by atoms with Gasteiger partial charge in [-0.15, -0.1) is 0 Å². The van der Waals surface area contributed by atoms with Crippen LogP contribution in [0, 0.1) is 5.92 Å². The molecular weight excluding hydrogens is 547 g/mol. The molecule has 0 bridgehead atoms. The number of rotatable bonds is 13. The van der Waals surface area contributed by atoms with Gasteiger partial charge in [0.1, 0.15) is 18.1 Å². The van der Waals surface area contributed by atoms with E-state index in [4.69, 9.17) is 26.2 Å². The number of hydrogen-bond donors (Lipinski definition) is 2. The molecule has 3 aromatic carbocycles. The van der Waals surface area contributed by atoms with Crippen molar-refractivity contribution in [3.8, 4) is 22.6 Å². The van der Waals surface area contributed by atoms with Crippen LogP contribution in [0.3, 0.4) is 0 Å². The summed E-state index contributed by atoms with van der Waals surface area (Å²) in [5.41, 5.74) is 1.43. The van der Waals surface area contributed by atoms with Crippen molar-refractivity contribution in [1.82, 2.24) is 0 Å². The lowest BCUT2D eigenvalue weighted by Crippen LogP contribution is -2.32. The van der Waals surface area contributed by atoms with E-state index >= 15 is 0 Å². The second kappa shape index (κ2) is 13.6. The van der Waals surface area contributed by atoms with Crippen molar-refractivity contribution < 1.29 is 37.3 Å². The quantitative estimate of drug-likeness (QED) is 0.200. The number of benzene rings is 3. The molecule has 40 heavy (non-hydrogen) atoms. The van der Waals surface area contributed by atoms with E-state index in [1.165, 1.54) is 13.2 Å². The summed E-state index contributed by atoms with van der Waals surface area (Å²) in [6.45, 7) is 4.38. The molecule has 3 aromatic rings. The van der Waals surface area contributed by atoms with E-state index in [2.05, 4.69) is 5.32 Å². The Labute approximate surface area is 236 Å². The van der Waals surface area contributed by atoms with Gasteiger partial charge in [-0.05, 0) is 60.9 Å². The molecule has 0 amide bonds. The predicted octanol–water partition coefficient (Wildman–Crippen LogP) is 7.99. The van der Waals surface area contributed by atoms with Crippen LogP contribution in [-0.2, 0) is 11.0 Å². The molecular formula is C30H31ClF3NO5. The summed E-state index contributed by atoms with van der Waals surface area (Å²) in [6, 6.07) is 15.2. The first-order valence-electron chi connectivity index (χ1n) is 12.7. The highest BCUT2D eigenvalue weighted by Crippen LogP contribution is 2.40. The summed E-state index contributed by atoms with van der Waals surface area (Å²) >= 11 is 6.18. The highest BCUT2D eigenvalue weighted by Gasteiger charge is 2.31. The number of aliphatic carboxylic acids is 1. The van der Waals surface area contributed by atoms with Crippen LogP contribution in [0.5, 0.6) is 11.5 Å². The molecule has 0 aliphatic rings. The van der Waals surface area contributed by atoms with E-state index < -0.39 is 17.7 Å². The number of carboxylic acid groups (broad SMARTS) is 1. The van der Waals surface area contributed by atoms with Crippen molar-refractivity contribution in [3.63, 3.8) is 0 Å². The Morgan fingerprint density at radius 1 is 0.975 bits per heavy atom. The molecule has 10 heteroatoms. The number of ether oxygens (including phenoxy) is 2. The maximum atomic E-state index is 13.0. The molecule has 0 radical (unpaired) electrons. The summed E-state index contributed by atoms with van der Waals surface area (Å²) in [4.78, 5) is 22.9. The van der Waals surface area contributed by atoms with E-state index in [0.717, 1.165) is 17.8 Å². The molecule has 214 valence electrons. The molecule has 0 aliphatic carbocycles. The number of halogens is 4. The molecule has 0 fully saturated rings. The van der Waals surface area contributed by atoms with Crippen LogP contribution in [0.15, 0.2) is 60.7 Å². The topological polar surface area (TPSA) is 84.9 Å². The van der Waals surface area contributed by atoms with E-state index in [0.29, 0.717) is 41.2 Å². The molecule has 0 saturated carbocycles. The molecule has 2 N–H and O–H groups in total. The first-order chi connectivity index (χ1) is 18.9. The first kappa shape index (κ1) is 30.8. The molecule has 3 rings (SSSR count). The van der Waals surface area contributed by atoms with Gasteiger partial charge in [-0.25, -0.2) is 0 Å². The van der Waals surface area contributed by atoms with Gasteiger partial charge < -0.3 is 19.9 Å². The fourth-order valence-electron chi connectivity index (χ4n) is 3.99. The zero-order valence-corrected chi connectivity index (χ0v) is 23.1. The summed E-state index contributed by atoms with van der Waals surface area (Å²) in [5.74, 6) is 0.0680. The Morgan fingerprint density at radius 3 is 2.23 bits per heavy atom. The highest BCUT2D eigenvalue weighted by atomic mass is 35.5. The normalized spacial score (nSPS) is 12.2. The zero-order chi connectivity index (χ0) is 29.4. The lowest BCUT2D eigenvalue weighted by molar-refractivity contribution is -0.138. The van der Waals surface area contributed by atoms with Crippen LogP contribution in [0.25, 0.3) is 11.1 Å². The van der Waals surface area contributed by atoms with E-state index in [9.17, 15) is 22.8 Å². The van der Waals surface area contributed by atoms with Gasteiger partial charge in [0.2, 0.25) is 0 Å². The molecule has 0 unspecified atom stereocenters. The van der Waals surface area contributed by atoms with Crippen molar-refractivity contribution in [1.29, 1.82) is 0 Å².